The van der Waals surface area contributed by atoms with Gasteiger partial charge in [-0.2, -0.15) is 0 Å². The van der Waals surface area contributed by atoms with Crippen LogP contribution in [0.3, 0.4) is 0 Å². The summed E-state index contributed by atoms with van der Waals surface area (Å²) in [5.41, 5.74) is 0. The average Bonchev–Trinajstić information content (AvgIpc) is 2.62. The quantitative estimate of drug-likeness (QED) is 0.236. The van der Waals surface area contributed by atoms with Crippen LogP contribution in [0, 0.1) is 0 Å². The van der Waals surface area contributed by atoms with Crippen molar-refractivity contribution in [1.82, 2.24) is 0 Å². The number of unbranched alkanes of at least 4 members (excludes halogenated alkanes) is 2. The highest BCUT2D eigenvalue weighted by atomic mass is 16.5. The normalized spacial score (nSPS) is 13.6. The standard InChI is InChI=1S/C22H36O3/c1-3-5-6-7-8-9-10-11-12-13-14-15-16-17-18-19-22(24)25-20-21(23)4-2/h5-6,8-9,11-12,14-15,21,23H,3-4,7,10,13,16-20H2,1-2H3/b6-5-,9-8-,12-11-,15-14-. The fraction of sp³-hybridized carbons (Fsp3) is 0.591. The highest BCUT2D eigenvalue weighted by molar-refractivity contribution is 5.69. The number of esters is 1. The van der Waals surface area contributed by atoms with Crippen LogP contribution < -0.4 is 0 Å². The van der Waals surface area contributed by atoms with Gasteiger partial charge in [0.25, 0.3) is 0 Å². The number of carbonyl (C=O) groups excluding carboxylic acids is 1. The summed E-state index contributed by atoms with van der Waals surface area (Å²) >= 11 is 0. The number of rotatable bonds is 15. The van der Waals surface area contributed by atoms with Crippen LogP contribution in [0.1, 0.15) is 71.6 Å². The molecule has 0 aliphatic rings. The summed E-state index contributed by atoms with van der Waals surface area (Å²) < 4.78 is 4.99. The first-order valence-corrected chi connectivity index (χ1v) is 9.64. The first-order chi connectivity index (χ1) is 12.2. The Morgan fingerprint density at radius 2 is 1.44 bits per heavy atom. The van der Waals surface area contributed by atoms with E-state index in [4.69, 9.17) is 4.74 Å². The van der Waals surface area contributed by atoms with E-state index in [1.54, 1.807) is 0 Å². The summed E-state index contributed by atoms with van der Waals surface area (Å²) in [5.74, 6) is -0.211. The van der Waals surface area contributed by atoms with Crippen LogP contribution in [0.15, 0.2) is 48.6 Å². The van der Waals surface area contributed by atoms with E-state index in [-0.39, 0.29) is 12.6 Å². The van der Waals surface area contributed by atoms with Crippen molar-refractivity contribution >= 4 is 5.97 Å². The van der Waals surface area contributed by atoms with E-state index in [9.17, 15) is 9.90 Å². The molecule has 3 heteroatoms. The largest absolute Gasteiger partial charge is 0.463 e. The van der Waals surface area contributed by atoms with Gasteiger partial charge < -0.3 is 9.84 Å². The van der Waals surface area contributed by atoms with Crippen LogP contribution >= 0.6 is 0 Å². The van der Waals surface area contributed by atoms with Gasteiger partial charge in [0.15, 0.2) is 0 Å². The Hall–Kier alpha value is -1.61. The first-order valence-electron chi connectivity index (χ1n) is 9.64. The number of hydrogen-bond acceptors (Lipinski definition) is 3. The van der Waals surface area contributed by atoms with Crippen molar-refractivity contribution in [3.05, 3.63) is 48.6 Å². The minimum Gasteiger partial charge on any atom is -0.463 e. The Balaban J connectivity index is 3.47. The third kappa shape index (κ3) is 18.6. The van der Waals surface area contributed by atoms with Gasteiger partial charge in [-0.05, 0) is 51.4 Å². The van der Waals surface area contributed by atoms with E-state index in [1.165, 1.54) is 0 Å². The van der Waals surface area contributed by atoms with Gasteiger partial charge >= 0.3 is 5.97 Å². The molecule has 3 nitrogen and oxygen atoms in total. The van der Waals surface area contributed by atoms with Gasteiger partial charge in [0.05, 0.1) is 6.10 Å². The first kappa shape index (κ1) is 23.4. The average molecular weight is 349 g/mol. The van der Waals surface area contributed by atoms with E-state index in [0.29, 0.717) is 12.8 Å². The van der Waals surface area contributed by atoms with Crippen molar-refractivity contribution in [2.75, 3.05) is 6.61 Å². The maximum absolute atomic E-state index is 11.4. The molecule has 0 saturated carbocycles. The van der Waals surface area contributed by atoms with E-state index in [2.05, 4.69) is 55.5 Å². The van der Waals surface area contributed by atoms with Crippen LogP contribution in [0.2, 0.25) is 0 Å². The maximum Gasteiger partial charge on any atom is 0.305 e. The molecule has 0 aromatic carbocycles. The summed E-state index contributed by atoms with van der Waals surface area (Å²) in [7, 11) is 0. The van der Waals surface area contributed by atoms with Crippen molar-refractivity contribution < 1.29 is 14.6 Å². The molecule has 142 valence electrons. The molecule has 0 aromatic heterocycles. The molecule has 0 aliphatic heterocycles. The lowest BCUT2D eigenvalue weighted by Crippen LogP contribution is -2.17. The van der Waals surface area contributed by atoms with Crippen LogP contribution in [0.5, 0.6) is 0 Å². The minimum atomic E-state index is -0.534. The van der Waals surface area contributed by atoms with Crippen LogP contribution in [-0.4, -0.2) is 23.8 Å². The third-order valence-electron chi connectivity index (χ3n) is 3.63. The van der Waals surface area contributed by atoms with Gasteiger partial charge in [0, 0.05) is 6.42 Å². The van der Waals surface area contributed by atoms with E-state index in [1.807, 2.05) is 6.92 Å². The van der Waals surface area contributed by atoms with E-state index >= 15 is 0 Å². The molecular weight excluding hydrogens is 312 g/mol. The van der Waals surface area contributed by atoms with Gasteiger partial charge in [-0.15, -0.1) is 0 Å². The van der Waals surface area contributed by atoms with Crippen LogP contribution in [0.25, 0.3) is 0 Å². The summed E-state index contributed by atoms with van der Waals surface area (Å²) in [6.45, 7) is 4.13. The zero-order valence-electron chi connectivity index (χ0n) is 16.0. The second kappa shape index (κ2) is 18.7. The van der Waals surface area contributed by atoms with E-state index < -0.39 is 6.10 Å². The van der Waals surface area contributed by atoms with Gasteiger partial charge in [-0.25, -0.2) is 0 Å². The Morgan fingerprint density at radius 1 is 0.880 bits per heavy atom. The van der Waals surface area contributed by atoms with Gasteiger partial charge in [0.2, 0.25) is 0 Å². The monoisotopic (exact) mass is 348 g/mol. The predicted octanol–water partition coefficient (Wildman–Crippen LogP) is 5.67. The number of aliphatic hydroxyl groups is 1. The fourth-order valence-electron chi connectivity index (χ4n) is 2.01. The molecule has 0 aromatic rings. The number of hydrogen-bond donors (Lipinski definition) is 1. The topological polar surface area (TPSA) is 46.5 Å². The number of carbonyl (C=O) groups is 1. The molecule has 0 radical (unpaired) electrons. The Morgan fingerprint density at radius 3 is 2.00 bits per heavy atom. The molecule has 0 fully saturated rings. The second-order valence-electron chi connectivity index (χ2n) is 5.99. The SMILES string of the molecule is CC/C=C\C/C=C\C/C=C\C/C=C\CCCCC(=O)OCC(O)CC. The van der Waals surface area contributed by atoms with E-state index in [0.717, 1.165) is 44.9 Å². The van der Waals surface area contributed by atoms with Crippen molar-refractivity contribution in [2.45, 2.75) is 77.7 Å². The van der Waals surface area contributed by atoms with Gasteiger partial charge in [-0.1, -0.05) is 62.5 Å². The third-order valence-corrected chi connectivity index (χ3v) is 3.63. The Bertz CT molecular complexity index is 419. The van der Waals surface area contributed by atoms with Crippen molar-refractivity contribution in [3.8, 4) is 0 Å². The molecule has 1 atom stereocenters. The molecule has 1 unspecified atom stereocenters. The molecule has 0 spiro atoms. The maximum atomic E-state index is 11.4. The predicted molar refractivity (Wildman–Crippen MR) is 106 cm³/mol. The molecular formula is C22H36O3. The lowest BCUT2D eigenvalue weighted by atomic mass is 10.2. The molecule has 1 N–H and O–H groups in total. The Kier molecular flexibility index (Phi) is 17.5. The lowest BCUT2D eigenvalue weighted by molar-refractivity contribution is -0.146. The molecule has 0 saturated heterocycles. The zero-order valence-corrected chi connectivity index (χ0v) is 16.0. The molecule has 0 aliphatic carbocycles. The second-order valence-corrected chi connectivity index (χ2v) is 5.99. The smallest absolute Gasteiger partial charge is 0.305 e. The molecule has 0 heterocycles. The number of ether oxygens (including phenoxy) is 1. The molecule has 0 rings (SSSR count). The highest BCUT2D eigenvalue weighted by Crippen LogP contribution is 2.04. The number of aliphatic hydroxyl groups excluding tert-OH is 1. The summed E-state index contributed by atoms with van der Waals surface area (Å²) in [6.07, 6.45) is 24.9. The molecule has 25 heavy (non-hydrogen) atoms. The molecule has 0 bridgehead atoms. The van der Waals surface area contributed by atoms with Crippen LogP contribution in [-0.2, 0) is 9.53 Å². The highest BCUT2D eigenvalue weighted by Gasteiger charge is 2.06. The minimum absolute atomic E-state index is 0.117. The summed E-state index contributed by atoms with van der Waals surface area (Å²) in [6, 6.07) is 0. The van der Waals surface area contributed by atoms with Gasteiger partial charge in [0.1, 0.15) is 6.61 Å². The lowest BCUT2D eigenvalue weighted by Gasteiger charge is -2.08. The van der Waals surface area contributed by atoms with Gasteiger partial charge in [-0.3, -0.25) is 4.79 Å². The van der Waals surface area contributed by atoms with Crippen molar-refractivity contribution in [3.63, 3.8) is 0 Å². The molecule has 0 amide bonds. The number of allylic oxidation sites excluding steroid dienone is 8. The fourth-order valence-corrected chi connectivity index (χ4v) is 2.01. The van der Waals surface area contributed by atoms with Crippen molar-refractivity contribution in [2.24, 2.45) is 0 Å². The van der Waals surface area contributed by atoms with Crippen LogP contribution in [0.4, 0.5) is 0 Å². The Labute approximate surface area is 154 Å². The summed E-state index contributed by atoms with van der Waals surface area (Å²) in [4.78, 5) is 11.4. The summed E-state index contributed by atoms with van der Waals surface area (Å²) in [5, 5.41) is 9.31. The zero-order chi connectivity index (χ0) is 18.6. The van der Waals surface area contributed by atoms with Crippen molar-refractivity contribution in [1.29, 1.82) is 0 Å².